The van der Waals surface area contributed by atoms with E-state index in [1.807, 2.05) is 0 Å². The van der Waals surface area contributed by atoms with Gasteiger partial charge in [-0.05, 0) is 31.5 Å². The summed E-state index contributed by atoms with van der Waals surface area (Å²) in [5.41, 5.74) is 1.71. The molecule has 0 aliphatic rings. The Balaban J connectivity index is 2.33. The third kappa shape index (κ3) is 2.47. The fourth-order valence-electron chi connectivity index (χ4n) is 2.10. The highest BCUT2D eigenvalue weighted by Gasteiger charge is 2.26. The van der Waals surface area contributed by atoms with E-state index in [0.29, 0.717) is 23.5 Å². The highest BCUT2D eigenvalue weighted by atomic mass is 19.1. The Hall–Kier alpha value is -2.44. The summed E-state index contributed by atoms with van der Waals surface area (Å²) in [7, 11) is 1.40. The Kier molecular flexibility index (Phi) is 3.69. The van der Waals surface area contributed by atoms with Crippen molar-refractivity contribution < 1.29 is 19.3 Å². The first-order chi connectivity index (χ1) is 9.43. The van der Waals surface area contributed by atoms with Crippen LogP contribution in [-0.2, 0) is 6.54 Å². The lowest BCUT2D eigenvalue weighted by Crippen LogP contribution is -2.05. The molecule has 0 radical (unpaired) electrons. The monoisotopic (exact) mass is 280 g/mol. The van der Waals surface area contributed by atoms with Crippen molar-refractivity contribution in [3.63, 3.8) is 0 Å². The second kappa shape index (κ2) is 5.28. The zero-order chi connectivity index (χ0) is 14.9. The smallest absolute Gasteiger partial charge is 0.359 e. The predicted molar refractivity (Wildman–Crippen MR) is 68.8 cm³/mol. The van der Waals surface area contributed by atoms with Gasteiger partial charge in [0.2, 0.25) is 0 Å². The van der Waals surface area contributed by atoms with Crippen molar-refractivity contribution in [1.82, 2.24) is 9.78 Å². The quantitative estimate of drug-likeness (QED) is 0.874. The van der Waals surface area contributed by atoms with E-state index in [-0.39, 0.29) is 16.4 Å². The number of methoxy groups -OCH3 is 1. The fourth-order valence-corrected chi connectivity index (χ4v) is 2.10. The summed E-state index contributed by atoms with van der Waals surface area (Å²) in [5.74, 6) is -0.289. The number of hydrogen-bond donors (Lipinski definition) is 1. The Labute approximate surface area is 114 Å². The van der Waals surface area contributed by atoms with Crippen LogP contribution in [0.5, 0.6) is 5.75 Å². The molecule has 6 nitrogen and oxygen atoms in total. The minimum atomic E-state index is -0.459. The van der Waals surface area contributed by atoms with Crippen LogP contribution in [0, 0.1) is 24.6 Å². The van der Waals surface area contributed by atoms with Gasteiger partial charge in [0.15, 0.2) is 11.6 Å². The molecule has 1 N–H and O–H groups in total. The Bertz CT molecular complexity index is 667. The van der Waals surface area contributed by atoms with E-state index in [1.165, 1.54) is 23.9 Å². The normalized spacial score (nSPS) is 10.6. The van der Waals surface area contributed by atoms with E-state index in [4.69, 9.17) is 9.94 Å². The lowest BCUT2D eigenvalue weighted by Gasteiger charge is -2.06. The van der Waals surface area contributed by atoms with Gasteiger partial charge in [0.05, 0.1) is 18.6 Å². The Morgan fingerprint density at radius 2 is 2.15 bits per heavy atom. The van der Waals surface area contributed by atoms with Gasteiger partial charge >= 0.3 is 5.69 Å². The molecule has 2 aromatic rings. The van der Waals surface area contributed by atoms with Crippen molar-refractivity contribution in [3.05, 3.63) is 45.9 Å². The van der Waals surface area contributed by atoms with Crippen LogP contribution in [0.1, 0.15) is 17.0 Å². The van der Waals surface area contributed by atoms with Gasteiger partial charge in [-0.2, -0.15) is 5.10 Å². The molecule has 0 aliphatic heterocycles. The predicted octanol–water partition coefficient (Wildman–Crippen LogP) is 2.50. The van der Waals surface area contributed by atoms with Gasteiger partial charge in [0.1, 0.15) is 11.4 Å². The van der Waals surface area contributed by atoms with Crippen LogP contribution in [0.3, 0.4) is 0 Å². The highest BCUT2D eigenvalue weighted by Crippen LogP contribution is 2.23. The van der Waals surface area contributed by atoms with Crippen LogP contribution < -0.4 is 4.74 Å². The van der Waals surface area contributed by atoms with Crippen LogP contribution in [0.15, 0.2) is 18.2 Å². The van der Waals surface area contributed by atoms with E-state index >= 15 is 0 Å². The van der Waals surface area contributed by atoms with E-state index in [2.05, 4.69) is 5.10 Å². The molecule has 0 fully saturated rings. The van der Waals surface area contributed by atoms with Crippen LogP contribution in [0.25, 0.3) is 0 Å². The van der Waals surface area contributed by atoms with Crippen molar-refractivity contribution in [3.8, 4) is 5.75 Å². The maximum atomic E-state index is 13.6. The average molecular weight is 280 g/mol. The first-order valence-corrected chi connectivity index (χ1v) is 5.96. The summed E-state index contributed by atoms with van der Waals surface area (Å²) in [6.07, 6.45) is 0. The molecule has 0 saturated heterocycles. The number of benzene rings is 1. The highest BCUT2D eigenvalue weighted by molar-refractivity contribution is 5.39. The van der Waals surface area contributed by atoms with Gasteiger partial charge in [-0.1, -0.05) is 6.07 Å². The number of ether oxygens (including phenoxy) is 1. The van der Waals surface area contributed by atoms with Crippen molar-refractivity contribution >= 4 is 5.69 Å². The molecule has 0 unspecified atom stereocenters. The number of nitrogens with zero attached hydrogens (tertiary/aromatic N) is 3. The van der Waals surface area contributed by atoms with Gasteiger partial charge < -0.3 is 4.74 Å². The minimum Gasteiger partial charge on any atom is -0.494 e. The van der Waals surface area contributed by atoms with E-state index < -0.39 is 5.82 Å². The molecular weight excluding hydrogens is 265 g/mol. The summed E-state index contributed by atoms with van der Waals surface area (Å²) >= 11 is 0. The molecule has 0 aliphatic carbocycles. The molecule has 2 rings (SSSR count). The summed E-state index contributed by atoms with van der Waals surface area (Å²) in [6, 6.07) is 4.60. The molecule has 0 spiro atoms. The van der Waals surface area contributed by atoms with E-state index in [9.17, 15) is 9.30 Å². The average Bonchev–Trinajstić information content (AvgIpc) is 2.64. The largest absolute Gasteiger partial charge is 0.494 e. The van der Waals surface area contributed by atoms with Gasteiger partial charge in [0, 0.05) is 0 Å². The van der Waals surface area contributed by atoms with Crippen LogP contribution in [0.4, 0.5) is 10.1 Å². The molecule has 0 atom stereocenters. The summed E-state index contributed by atoms with van der Waals surface area (Å²) in [5, 5.41) is 13.2. The second-order valence-electron chi connectivity index (χ2n) is 4.42. The molecule has 0 saturated carbocycles. The number of hydrogen-bond acceptors (Lipinski definition) is 3. The summed E-state index contributed by atoms with van der Waals surface area (Å²) in [6.45, 7) is 3.58. The number of aryl methyl sites for hydroxylation is 1. The van der Waals surface area contributed by atoms with Gasteiger partial charge in [0.25, 0.3) is 4.92 Å². The maximum absolute atomic E-state index is 13.6. The molecule has 1 aromatic carbocycles. The fraction of sp³-hybridized carbons (Fsp3) is 0.308. The van der Waals surface area contributed by atoms with E-state index in [0.717, 1.165) is 0 Å². The lowest BCUT2D eigenvalue weighted by atomic mass is 10.2. The summed E-state index contributed by atoms with van der Waals surface area (Å²) in [4.78, 5) is 10.8. The van der Waals surface area contributed by atoms with Gasteiger partial charge in [-0.3, -0.25) is 4.68 Å². The topological polar surface area (TPSA) is 67.4 Å². The maximum Gasteiger partial charge on any atom is 0.359 e. The molecule has 7 heteroatoms. The van der Waals surface area contributed by atoms with Crippen LogP contribution in [-0.4, -0.2) is 27.0 Å². The number of halogens is 1. The number of rotatable bonds is 4. The molecule has 1 heterocycles. The van der Waals surface area contributed by atoms with Crippen molar-refractivity contribution in [1.29, 1.82) is 0 Å². The molecular formula is C13H15FN3O3+. The summed E-state index contributed by atoms with van der Waals surface area (Å²) < 4.78 is 20.0. The molecule has 0 amide bonds. The van der Waals surface area contributed by atoms with Gasteiger partial charge in [-0.15, -0.1) is 0 Å². The van der Waals surface area contributed by atoms with Crippen LogP contribution in [0.2, 0.25) is 0 Å². The van der Waals surface area contributed by atoms with Gasteiger partial charge in [-0.25, -0.2) is 9.60 Å². The first-order valence-electron chi connectivity index (χ1n) is 5.96. The number of aromatic nitrogens is 2. The first kappa shape index (κ1) is 14.0. The van der Waals surface area contributed by atoms with Crippen LogP contribution >= 0.6 is 0 Å². The Morgan fingerprint density at radius 3 is 2.65 bits per heavy atom. The minimum absolute atomic E-state index is 0.110. The zero-order valence-corrected chi connectivity index (χ0v) is 11.4. The Morgan fingerprint density at radius 1 is 1.45 bits per heavy atom. The molecule has 0 bridgehead atoms. The molecule has 106 valence electrons. The SMILES string of the molecule is COc1ccc(Cn2nc(C)c([N+](=O)O)c2C)cc1F. The van der Waals surface area contributed by atoms with Crippen molar-refractivity contribution in [2.24, 2.45) is 0 Å². The van der Waals surface area contributed by atoms with E-state index in [1.54, 1.807) is 19.9 Å². The van der Waals surface area contributed by atoms with Crippen molar-refractivity contribution in [2.75, 3.05) is 7.11 Å². The molecule has 20 heavy (non-hydrogen) atoms. The van der Waals surface area contributed by atoms with Crippen molar-refractivity contribution in [2.45, 2.75) is 20.4 Å². The molecule has 1 aromatic heterocycles. The zero-order valence-electron chi connectivity index (χ0n) is 11.4. The third-order valence-corrected chi connectivity index (χ3v) is 3.08. The second-order valence-corrected chi connectivity index (χ2v) is 4.42. The lowest BCUT2D eigenvalue weighted by molar-refractivity contribution is -0.730. The standard InChI is InChI=1S/C13H15FN3O3/c1-8-13(17(18)19)9(2)16(15-8)7-10-4-5-12(20-3)11(14)6-10/h4-6H,7H2,1-3H3,(H,18,19)/q+1. The third-order valence-electron chi connectivity index (χ3n) is 3.08.